The Labute approximate surface area is 192 Å². The molecule has 32 heavy (non-hydrogen) atoms. The number of hydrogen-bond donors (Lipinski definition) is 1. The third kappa shape index (κ3) is 6.43. The van der Waals surface area contributed by atoms with Crippen LogP contribution < -0.4 is 14.8 Å². The fourth-order valence-corrected chi connectivity index (χ4v) is 3.79. The van der Waals surface area contributed by atoms with E-state index in [2.05, 4.69) is 17.2 Å². The van der Waals surface area contributed by atoms with E-state index in [1.807, 2.05) is 36.4 Å². The van der Waals surface area contributed by atoms with E-state index < -0.39 is 5.91 Å². The second-order valence-corrected chi connectivity index (χ2v) is 8.15. The van der Waals surface area contributed by atoms with E-state index >= 15 is 0 Å². The molecule has 0 aliphatic rings. The maximum absolute atomic E-state index is 12.6. The van der Waals surface area contributed by atoms with E-state index in [9.17, 15) is 10.1 Å². The molecule has 2 aromatic carbocycles. The van der Waals surface area contributed by atoms with E-state index in [-0.39, 0.29) is 5.57 Å². The van der Waals surface area contributed by atoms with Crippen molar-refractivity contribution < 1.29 is 14.3 Å². The zero-order chi connectivity index (χ0) is 22.8. The molecule has 3 aromatic rings. The van der Waals surface area contributed by atoms with Gasteiger partial charge in [-0.15, -0.1) is 11.3 Å². The van der Waals surface area contributed by atoms with E-state index in [1.165, 1.54) is 23.0 Å². The molecular weight excluding hydrogens is 422 g/mol. The number of carbonyl (C=O) groups excluding carboxylic acids is 1. The van der Waals surface area contributed by atoms with Crippen LogP contribution in [-0.2, 0) is 11.2 Å². The normalized spacial score (nSPS) is 11.0. The van der Waals surface area contributed by atoms with Crippen molar-refractivity contribution in [3.05, 3.63) is 76.3 Å². The first-order valence-electron chi connectivity index (χ1n) is 10.4. The number of rotatable bonds is 10. The highest BCUT2D eigenvalue weighted by molar-refractivity contribution is 7.15. The predicted molar refractivity (Wildman–Crippen MR) is 127 cm³/mol. The van der Waals surface area contributed by atoms with Gasteiger partial charge in [-0.05, 0) is 35.8 Å². The molecular formula is C25H25N3O3S. The van der Waals surface area contributed by atoms with Crippen LogP contribution in [0.15, 0.2) is 60.3 Å². The lowest BCUT2D eigenvalue weighted by Gasteiger charge is -2.11. The van der Waals surface area contributed by atoms with Crippen molar-refractivity contribution in [2.75, 3.05) is 19.0 Å². The number of thiazole rings is 1. The smallest absolute Gasteiger partial charge is 0.268 e. The SMILES string of the molecule is CCCCOc1ccc(/C=C(\C#N)C(=O)Nc2ncc(Cc3ccccc3)s2)cc1OC. The molecule has 1 aromatic heterocycles. The Bertz CT molecular complexity index is 1120. The standard InChI is InChI=1S/C25H25N3O3S/c1-3-4-12-31-22-11-10-19(15-23(22)30-2)13-20(16-26)24(29)28-25-27-17-21(32-25)14-18-8-6-5-7-9-18/h5-11,13,15,17H,3-4,12,14H2,1-2H3,(H,27,28,29)/b20-13+. The average molecular weight is 448 g/mol. The Kier molecular flexibility index (Phi) is 8.41. The molecule has 0 unspecified atom stereocenters. The van der Waals surface area contributed by atoms with Crippen molar-refractivity contribution in [2.24, 2.45) is 0 Å². The number of aromatic nitrogens is 1. The summed E-state index contributed by atoms with van der Waals surface area (Å²) in [7, 11) is 1.56. The molecule has 0 fully saturated rings. The Balaban J connectivity index is 1.68. The first-order chi connectivity index (χ1) is 15.6. The number of amides is 1. The molecule has 0 saturated carbocycles. The van der Waals surface area contributed by atoms with Crippen LogP contribution in [0.4, 0.5) is 5.13 Å². The van der Waals surface area contributed by atoms with Gasteiger partial charge in [-0.25, -0.2) is 4.98 Å². The van der Waals surface area contributed by atoms with Crippen molar-refractivity contribution in [1.29, 1.82) is 5.26 Å². The molecule has 0 radical (unpaired) electrons. The molecule has 1 amide bonds. The molecule has 0 aliphatic carbocycles. The van der Waals surface area contributed by atoms with Crippen LogP contribution in [0.25, 0.3) is 6.08 Å². The Morgan fingerprint density at radius 2 is 2.03 bits per heavy atom. The van der Waals surface area contributed by atoms with E-state index in [0.29, 0.717) is 28.8 Å². The molecule has 0 saturated heterocycles. The maximum atomic E-state index is 12.6. The van der Waals surface area contributed by atoms with Crippen molar-refractivity contribution in [3.8, 4) is 17.6 Å². The lowest BCUT2D eigenvalue weighted by molar-refractivity contribution is -0.112. The zero-order valence-corrected chi connectivity index (χ0v) is 18.9. The molecule has 0 atom stereocenters. The Hall–Kier alpha value is -3.63. The summed E-state index contributed by atoms with van der Waals surface area (Å²) in [4.78, 5) is 17.9. The fraction of sp³-hybridized carbons (Fsp3) is 0.240. The quantitative estimate of drug-likeness (QED) is 0.253. The summed E-state index contributed by atoms with van der Waals surface area (Å²) >= 11 is 1.39. The van der Waals surface area contributed by atoms with Gasteiger partial charge in [0.2, 0.25) is 0 Å². The number of nitrogens with zero attached hydrogens (tertiary/aromatic N) is 2. The number of carbonyl (C=O) groups is 1. The second-order valence-electron chi connectivity index (χ2n) is 7.03. The monoisotopic (exact) mass is 447 g/mol. The minimum Gasteiger partial charge on any atom is -0.493 e. The first-order valence-corrected chi connectivity index (χ1v) is 11.2. The summed E-state index contributed by atoms with van der Waals surface area (Å²) in [6.07, 6.45) is 5.99. The van der Waals surface area contributed by atoms with E-state index in [1.54, 1.807) is 31.5 Å². The minimum absolute atomic E-state index is 0.0217. The topological polar surface area (TPSA) is 84.2 Å². The third-order valence-electron chi connectivity index (χ3n) is 4.61. The van der Waals surface area contributed by atoms with Gasteiger partial charge in [0.1, 0.15) is 11.6 Å². The first kappa shape index (κ1) is 23.0. The Morgan fingerprint density at radius 1 is 1.22 bits per heavy atom. The number of nitriles is 1. The van der Waals surface area contributed by atoms with Crippen LogP contribution in [0.2, 0.25) is 0 Å². The number of methoxy groups -OCH3 is 1. The molecule has 0 aliphatic heterocycles. The highest BCUT2D eigenvalue weighted by Crippen LogP contribution is 2.29. The van der Waals surface area contributed by atoms with Crippen molar-refractivity contribution in [1.82, 2.24) is 4.98 Å². The van der Waals surface area contributed by atoms with Crippen LogP contribution in [-0.4, -0.2) is 24.6 Å². The van der Waals surface area contributed by atoms with Crippen LogP contribution in [0.5, 0.6) is 11.5 Å². The molecule has 0 bridgehead atoms. The summed E-state index contributed by atoms with van der Waals surface area (Å²) in [6, 6.07) is 17.3. The molecule has 3 rings (SSSR count). The van der Waals surface area contributed by atoms with E-state index in [4.69, 9.17) is 9.47 Å². The van der Waals surface area contributed by atoms with E-state index in [0.717, 1.165) is 24.1 Å². The van der Waals surface area contributed by atoms with Gasteiger partial charge in [0, 0.05) is 17.5 Å². The van der Waals surface area contributed by atoms with Crippen LogP contribution in [0.1, 0.15) is 35.8 Å². The van der Waals surface area contributed by atoms with Gasteiger partial charge in [-0.1, -0.05) is 49.7 Å². The summed E-state index contributed by atoms with van der Waals surface area (Å²) in [5.74, 6) is 0.683. The fourth-order valence-electron chi connectivity index (χ4n) is 2.94. The Morgan fingerprint density at radius 3 is 2.75 bits per heavy atom. The van der Waals surface area contributed by atoms with Gasteiger partial charge in [-0.2, -0.15) is 5.26 Å². The van der Waals surface area contributed by atoms with Gasteiger partial charge in [-0.3, -0.25) is 10.1 Å². The summed E-state index contributed by atoms with van der Waals surface area (Å²) in [6.45, 7) is 2.70. The number of benzene rings is 2. The summed E-state index contributed by atoms with van der Waals surface area (Å²) in [5, 5.41) is 12.7. The predicted octanol–water partition coefficient (Wildman–Crippen LogP) is 5.47. The van der Waals surface area contributed by atoms with Gasteiger partial charge in [0.05, 0.1) is 13.7 Å². The highest BCUT2D eigenvalue weighted by atomic mass is 32.1. The van der Waals surface area contributed by atoms with Crippen molar-refractivity contribution in [2.45, 2.75) is 26.2 Å². The van der Waals surface area contributed by atoms with Gasteiger partial charge in [0.15, 0.2) is 16.6 Å². The largest absolute Gasteiger partial charge is 0.493 e. The van der Waals surface area contributed by atoms with Crippen LogP contribution in [0, 0.1) is 11.3 Å². The maximum Gasteiger partial charge on any atom is 0.268 e. The summed E-state index contributed by atoms with van der Waals surface area (Å²) in [5.41, 5.74) is 1.81. The molecule has 1 heterocycles. The van der Waals surface area contributed by atoms with Gasteiger partial charge < -0.3 is 9.47 Å². The van der Waals surface area contributed by atoms with Gasteiger partial charge in [0.25, 0.3) is 5.91 Å². The molecule has 1 N–H and O–H groups in total. The lowest BCUT2D eigenvalue weighted by atomic mass is 10.1. The lowest BCUT2D eigenvalue weighted by Crippen LogP contribution is -2.13. The van der Waals surface area contributed by atoms with Gasteiger partial charge >= 0.3 is 0 Å². The zero-order valence-electron chi connectivity index (χ0n) is 18.1. The highest BCUT2D eigenvalue weighted by Gasteiger charge is 2.13. The average Bonchev–Trinajstić information content (AvgIpc) is 3.25. The number of ether oxygens (including phenoxy) is 2. The number of unbranched alkanes of at least 4 members (excludes halogenated alkanes) is 1. The van der Waals surface area contributed by atoms with Crippen LogP contribution >= 0.6 is 11.3 Å². The minimum atomic E-state index is -0.504. The summed E-state index contributed by atoms with van der Waals surface area (Å²) < 4.78 is 11.1. The third-order valence-corrected chi connectivity index (χ3v) is 5.53. The number of hydrogen-bond acceptors (Lipinski definition) is 6. The molecule has 164 valence electrons. The van der Waals surface area contributed by atoms with Crippen molar-refractivity contribution >= 4 is 28.5 Å². The second kappa shape index (κ2) is 11.7. The molecule has 0 spiro atoms. The number of nitrogens with one attached hydrogen (secondary N) is 1. The number of anilines is 1. The molecule has 7 heteroatoms. The van der Waals surface area contributed by atoms with Crippen LogP contribution in [0.3, 0.4) is 0 Å². The molecule has 6 nitrogen and oxygen atoms in total. The van der Waals surface area contributed by atoms with Crippen molar-refractivity contribution in [3.63, 3.8) is 0 Å².